The van der Waals surface area contributed by atoms with Crippen LogP contribution in [-0.2, 0) is 4.74 Å². The van der Waals surface area contributed by atoms with Crippen LogP contribution in [-0.4, -0.2) is 25.8 Å². The van der Waals surface area contributed by atoms with Gasteiger partial charge in [0.05, 0.1) is 23.4 Å². The maximum atomic E-state index is 12.3. The Labute approximate surface area is 136 Å². The molecular weight excluding hydrogens is 322 g/mol. The summed E-state index contributed by atoms with van der Waals surface area (Å²) in [6.45, 7) is 0.132. The van der Waals surface area contributed by atoms with Gasteiger partial charge in [-0.3, -0.25) is 4.79 Å². The minimum atomic E-state index is -0.514. The number of methoxy groups -OCH3 is 1. The van der Waals surface area contributed by atoms with Crippen molar-refractivity contribution in [1.82, 2.24) is 0 Å². The topological polar surface area (TPSA) is 73.9 Å². The summed E-state index contributed by atoms with van der Waals surface area (Å²) in [4.78, 5) is 23.9. The zero-order valence-corrected chi connectivity index (χ0v) is 12.8. The minimum Gasteiger partial charge on any atom is -0.465 e. The number of amides is 1. The first-order valence-corrected chi connectivity index (χ1v) is 7.05. The molecule has 0 fully saturated rings. The summed E-state index contributed by atoms with van der Waals surface area (Å²) in [7, 11) is 1.28. The molecule has 0 spiro atoms. The zero-order chi connectivity index (χ0) is 16.4. The van der Waals surface area contributed by atoms with Crippen LogP contribution in [0.1, 0.15) is 20.7 Å². The van der Waals surface area contributed by atoms with Gasteiger partial charge in [-0.15, -0.1) is 0 Å². The molecule has 0 bridgehead atoms. The van der Waals surface area contributed by atoms with Crippen molar-refractivity contribution in [3.63, 3.8) is 0 Å². The highest BCUT2D eigenvalue weighted by atomic mass is 35.5. The monoisotopic (exact) mass is 333 g/mol. The van der Waals surface area contributed by atoms with Crippen molar-refractivity contribution in [3.05, 3.63) is 52.5 Å². The van der Waals surface area contributed by atoms with Crippen LogP contribution in [0.5, 0.6) is 11.5 Å². The maximum absolute atomic E-state index is 12.3. The summed E-state index contributed by atoms with van der Waals surface area (Å²) in [6.07, 6.45) is 0. The third-order valence-corrected chi connectivity index (χ3v) is 3.60. The van der Waals surface area contributed by atoms with Crippen LogP contribution < -0.4 is 14.8 Å². The zero-order valence-electron chi connectivity index (χ0n) is 12.1. The average molecular weight is 334 g/mol. The number of hydrogen-bond donors (Lipinski definition) is 1. The predicted molar refractivity (Wildman–Crippen MR) is 83.3 cm³/mol. The highest BCUT2D eigenvalue weighted by Crippen LogP contribution is 2.33. The molecule has 7 heteroatoms. The molecule has 1 heterocycles. The summed E-state index contributed by atoms with van der Waals surface area (Å²) in [5, 5.41) is 2.97. The minimum absolute atomic E-state index is 0.132. The molecule has 1 amide bonds. The number of nitrogens with one attached hydrogen (secondary N) is 1. The van der Waals surface area contributed by atoms with Gasteiger partial charge in [0.25, 0.3) is 5.91 Å². The lowest BCUT2D eigenvalue weighted by molar-refractivity contribution is 0.0600. The van der Waals surface area contributed by atoms with Crippen molar-refractivity contribution < 1.29 is 23.8 Å². The molecule has 6 nitrogen and oxygen atoms in total. The van der Waals surface area contributed by atoms with Crippen molar-refractivity contribution in [2.45, 2.75) is 0 Å². The van der Waals surface area contributed by atoms with E-state index in [0.717, 1.165) is 0 Å². The molecule has 2 aromatic rings. The molecule has 23 heavy (non-hydrogen) atoms. The molecule has 0 atom stereocenters. The number of carbonyl (C=O) groups is 2. The Balaban J connectivity index is 1.84. The molecule has 0 saturated carbocycles. The molecule has 1 N–H and O–H groups in total. The molecule has 118 valence electrons. The number of hydrogen-bond acceptors (Lipinski definition) is 5. The molecule has 0 aliphatic carbocycles. The molecule has 1 aliphatic rings. The SMILES string of the molecule is COC(=O)c1ccc(Cl)c(NC(=O)c2ccc3c(c2)OCO3)c1. The highest BCUT2D eigenvalue weighted by molar-refractivity contribution is 6.34. The van der Waals surface area contributed by atoms with Crippen LogP contribution in [0.3, 0.4) is 0 Å². The molecule has 0 radical (unpaired) electrons. The van der Waals surface area contributed by atoms with Crippen LogP contribution in [0.15, 0.2) is 36.4 Å². The predicted octanol–water partition coefficient (Wildman–Crippen LogP) is 3.11. The Morgan fingerprint density at radius 2 is 1.83 bits per heavy atom. The van der Waals surface area contributed by atoms with Gasteiger partial charge in [0.2, 0.25) is 6.79 Å². The van der Waals surface area contributed by atoms with E-state index in [4.69, 9.17) is 21.1 Å². The Morgan fingerprint density at radius 3 is 2.61 bits per heavy atom. The number of carbonyl (C=O) groups excluding carboxylic acids is 2. The summed E-state index contributed by atoms with van der Waals surface area (Å²) >= 11 is 6.06. The van der Waals surface area contributed by atoms with E-state index in [1.807, 2.05) is 0 Å². The molecule has 3 rings (SSSR count). The summed E-state index contributed by atoms with van der Waals surface area (Å²) in [5.74, 6) is 0.201. The fraction of sp³-hybridized carbons (Fsp3) is 0.125. The number of ether oxygens (including phenoxy) is 3. The van der Waals surface area contributed by atoms with E-state index in [1.54, 1.807) is 18.2 Å². The standard InChI is InChI=1S/C16H12ClNO5/c1-21-16(20)10-2-4-11(17)12(6-10)18-15(19)9-3-5-13-14(7-9)23-8-22-13/h2-7H,8H2,1H3,(H,18,19). The number of halogens is 1. The smallest absolute Gasteiger partial charge is 0.337 e. The van der Waals surface area contributed by atoms with E-state index in [9.17, 15) is 9.59 Å². The normalized spacial score (nSPS) is 11.9. The maximum Gasteiger partial charge on any atom is 0.337 e. The van der Waals surface area contributed by atoms with Gasteiger partial charge in [-0.1, -0.05) is 11.6 Å². The van der Waals surface area contributed by atoms with E-state index in [-0.39, 0.29) is 18.3 Å². The lowest BCUT2D eigenvalue weighted by Crippen LogP contribution is -2.13. The van der Waals surface area contributed by atoms with Crippen molar-refractivity contribution in [2.75, 3.05) is 19.2 Å². The van der Waals surface area contributed by atoms with Crippen molar-refractivity contribution in [3.8, 4) is 11.5 Å². The Kier molecular flexibility index (Phi) is 4.08. The average Bonchev–Trinajstić information content (AvgIpc) is 3.03. The third kappa shape index (κ3) is 3.07. The van der Waals surface area contributed by atoms with Crippen LogP contribution in [0.25, 0.3) is 0 Å². The van der Waals surface area contributed by atoms with Crippen molar-refractivity contribution >= 4 is 29.2 Å². The van der Waals surface area contributed by atoms with Crippen molar-refractivity contribution in [2.24, 2.45) is 0 Å². The Hall–Kier alpha value is -2.73. The first-order valence-electron chi connectivity index (χ1n) is 6.67. The third-order valence-electron chi connectivity index (χ3n) is 3.27. The molecule has 0 aromatic heterocycles. The summed E-state index contributed by atoms with van der Waals surface area (Å²) < 4.78 is 15.1. The molecular formula is C16H12ClNO5. The molecule has 1 aliphatic heterocycles. The van der Waals surface area contributed by atoms with Crippen LogP contribution >= 0.6 is 11.6 Å². The number of fused-ring (bicyclic) bond motifs is 1. The second-order valence-corrected chi connectivity index (χ2v) is 5.12. The number of benzene rings is 2. The van der Waals surface area contributed by atoms with E-state index in [1.165, 1.54) is 25.3 Å². The van der Waals surface area contributed by atoms with Gasteiger partial charge in [0, 0.05) is 5.56 Å². The lowest BCUT2D eigenvalue weighted by atomic mass is 10.1. The first-order chi connectivity index (χ1) is 11.1. The van der Waals surface area contributed by atoms with Gasteiger partial charge in [-0.2, -0.15) is 0 Å². The van der Waals surface area contributed by atoms with Crippen LogP contribution in [0.2, 0.25) is 5.02 Å². The van der Waals surface area contributed by atoms with Gasteiger partial charge in [-0.25, -0.2) is 4.79 Å². The van der Waals surface area contributed by atoms with E-state index >= 15 is 0 Å². The second kappa shape index (κ2) is 6.18. The number of rotatable bonds is 3. The van der Waals surface area contributed by atoms with E-state index in [2.05, 4.69) is 10.1 Å². The molecule has 0 saturated heterocycles. The van der Waals surface area contributed by atoms with Gasteiger partial charge < -0.3 is 19.5 Å². The molecule has 2 aromatic carbocycles. The lowest BCUT2D eigenvalue weighted by Gasteiger charge is -2.09. The molecule has 0 unspecified atom stereocenters. The summed E-state index contributed by atoms with van der Waals surface area (Å²) in [6, 6.07) is 9.34. The Morgan fingerprint density at radius 1 is 1.09 bits per heavy atom. The van der Waals surface area contributed by atoms with E-state index < -0.39 is 5.97 Å². The first kappa shape index (κ1) is 15.2. The van der Waals surface area contributed by atoms with Gasteiger partial charge >= 0.3 is 5.97 Å². The Bertz CT molecular complexity index is 790. The number of anilines is 1. The van der Waals surface area contributed by atoms with Gasteiger partial charge in [0.1, 0.15) is 0 Å². The van der Waals surface area contributed by atoms with Gasteiger partial charge in [0.15, 0.2) is 11.5 Å². The fourth-order valence-electron chi connectivity index (χ4n) is 2.10. The van der Waals surface area contributed by atoms with Crippen LogP contribution in [0.4, 0.5) is 5.69 Å². The highest BCUT2D eigenvalue weighted by Gasteiger charge is 2.17. The van der Waals surface area contributed by atoms with Crippen molar-refractivity contribution in [1.29, 1.82) is 0 Å². The largest absolute Gasteiger partial charge is 0.465 e. The van der Waals surface area contributed by atoms with E-state index in [0.29, 0.717) is 27.8 Å². The quantitative estimate of drug-likeness (QED) is 0.874. The van der Waals surface area contributed by atoms with Crippen LogP contribution in [0, 0.1) is 0 Å². The summed E-state index contributed by atoms with van der Waals surface area (Å²) in [5.41, 5.74) is 0.990. The fourth-order valence-corrected chi connectivity index (χ4v) is 2.26. The second-order valence-electron chi connectivity index (χ2n) is 4.71. The number of esters is 1. The van der Waals surface area contributed by atoms with Gasteiger partial charge in [-0.05, 0) is 36.4 Å².